The molecule has 0 spiro atoms. The fourth-order valence-corrected chi connectivity index (χ4v) is 4.23. The minimum Gasteiger partial charge on any atom is -0.336 e. The predicted molar refractivity (Wildman–Crippen MR) is 109 cm³/mol. The van der Waals surface area contributed by atoms with Crippen molar-refractivity contribution in [2.75, 3.05) is 5.75 Å². The van der Waals surface area contributed by atoms with E-state index in [9.17, 15) is 4.39 Å². The van der Waals surface area contributed by atoms with Gasteiger partial charge in [0.1, 0.15) is 5.82 Å². The van der Waals surface area contributed by atoms with Crippen molar-refractivity contribution < 1.29 is 4.39 Å². The molecule has 6 heteroatoms. The highest BCUT2D eigenvalue weighted by molar-refractivity contribution is 7.99. The van der Waals surface area contributed by atoms with E-state index in [-0.39, 0.29) is 11.1 Å². The van der Waals surface area contributed by atoms with Crippen molar-refractivity contribution in [3.05, 3.63) is 94.3 Å². The normalized spacial score (nSPS) is 12.6. The van der Waals surface area contributed by atoms with E-state index in [1.165, 1.54) is 12.1 Å². The van der Waals surface area contributed by atoms with Gasteiger partial charge in [0, 0.05) is 40.0 Å². The van der Waals surface area contributed by atoms with E-state index in [4.69, 9.17) is 23.2 Å². The average Bonchev–Trinajstić information content (AvgIpc) is 3.12. The first-order chi connectivity index (χ1) is 12.6. The van der Waals surface area contributed by atoms with E-state index in [2.05, 4.69) is 11.1 Å². The third kappa shape index (κ3) is 5.37. The number of nitrogens with zero attached hydrogens (tertiary/aromatic N) is 2. The van der Waals surface area contributed by atoms with Crippen LogP contribution in [0, 0.1) is 5.82 Å². The number of halogens is 3. The molecule has 0 aliphatic heterocycles. The van der Waals surface area contributed by atoms with Gasteiger partial charge in [0.25, 0.3) is 0 Å². The molecule has 2 aromatic carbocycles. The molecular formula is C20H17Cl2FN2S. The summed E-state index contributed by atoms with van der Waals surface area (Å²) in [4.78, 5) is 4.10. The summed E-state index contributed by atoms with van der Waals surface area (Å²) in [6.07, 6.45) is 9.56. The number of thioether (sulfide) groups is 1. The summed E-state index contributed by atoms with van der Waals surface area (Å²) >= 11 is 14.2. The molecule has 3 rings (SSSR count). The molecule has 1 atom stereocenters. The Morgan fingerprint density at radius 2 is 1.96 bits per heavy atom. The standard InChI is InChI=1S/C20H17Cl2FN2S/c21-16-5-8-18(19(22)12-16)20(13-25-10-9-24-14-25)26-11-1-2-15-3-6-17(23)7-4-15/h1-10,12,14,20H,11,13H2. The largest absolute Gasteiger partial charge is 0.336 e. The van der Waals surface area contributed by atoms with Crippen LogP contribution in [-0.4, -0.2) is 15.3 Å². The second-order valence-electron chi connectivity index (χ2n) is 5.70. The van der Waals surface area contributed by atoms with E-state index >= 15 is 0 Å². The Morgan fingerprint density at radius 1 is 1.15 bits per heavy atom. The highest BCUT2D eigenvalue weighted by Crippen LogP contribution is 2.36. The van der Waals surface area contributed by atoms with Gasteiger partial charge >= 0.3 is 0 Å². The number of rotatable bonds is 7. The first-order valence-electron chi connectivity index (χ1n) is 8.06. The van der Waals surface area contributed by atoms with Crippen LogP contribution in [0.4, 0.5) is 4.39 Å². The third-order valence-electron chi connectivity index (χ3n) is 3.82. The molecule has 3 aromatic rings. The van der Waals surface area contributed by atoms with Crippen LogP contribution in [0.1, 0.15) is 16.4 Å². The van der Waals surface area contributed by atoms with Gasteiger partial charge < -0.3 is 4.57 Å². The summed E-state index contributed by atoms with van der Waals surface area (Å²) in [6.45, 7) is 0.760. The topological polar surface area (TPSA) is 17.8 Å². The molecular weight excluding hydrogens is 390 g/mol. The maximum Gasteiger partial charge on any atom is 0.123 e. The molecule has 26 heavy (non-hydrogen) atoms. The van der Waals surface area contributed by atoms with Gasteiger partial charge in [-0.05, 0) is 35.4 Å². The number of aromatic nitrogens is 2. The monoisotopic (exact) mass is 406 g/mol. The molecule has 1 unspecified atom stereocenters. The Labute approximate surface area is 166 Å². The van der Waals surface area contributed by atoms with E-state index in [0.29, 0.717) is 10.0 Å². The third-order valence-corrected chi connectivity index (χ3v) is 5.57. The molecule has 1 aromatic heterocycles. The predicted octanol–water partition coefficient (Wildman–Crippen LogP) is 6.52. The molecule has 0 saturated carbocycles. The van der Waals surface area contributed by atoms with Crippen LogP contribution in [0.3, 0.4) is 0 Å². The van der Waals surface area contributed by atoms with Gasteiger partial charge in [-0.1, -0.05) is 53.6 Å². The second-order valence-corrected chi connectivity index (χ2v) is 7.78. The molecule has 0 radical (unpaired) electrons. The van der Waals surface area contributed by atoms with Gasteiger partial charge in [-0.25, -0.2) is 9.37 Å². The number of hydrogen-bond donors (Lipinski definition) is 0. The van der Waals surface area contributed by atoms with Gasteiger partial charge in [-0.2, -0.15) is 0 Å². The van der Waals surface area contributed by atoms with E-state index in [0.717, 1.165) is 23.4 Å². The molecule has 0 amide bonds. The lowest BCUT2D eigenvalue weighted by Gasteiger charge is -2.18. The number of imidazole rings is 1. The van der Waals surface area contributed by atoms with Crippen molar-refractivity contribution in [2.24, 2.45) is 0 Å². The van der Waals surface area contributed by atoms with Gasteiger partial charge in [0.15, 0.2) is 0 Å². The van der Waals surface area contributed by atoms with Crippen LogP contribution in [0.15, 0.2) is 67.3 Å². The Bertz CT molecular complexity index is 864. The molecule has 0 N–H and O–H groups in total. The minimum absolute atomic E-state index is 0.159. The Hall–Kier alpha value is -1.75. The zero-order chi connectivity index (χ0) is 18.4. The fraction of sp³-hybridized carbons (Fsp3) is 0.150. The van der Waals surface area contributed by atoms with Crippen molar-refractivity contribution >= 4 is 41.0 Å². The van der Waals surface area contributed by atoms with Crippen molar-refractivity contribution in [3.63, 3.8) is 0 Å². The zero-order valence-corrected chi connectivity index (χ0v) is 16.2. The maximum atomic E-state index is 13.0. The summed E-state index contributed by atoms with van der Waals surface area (Å²) < 4.78 is 15.0. The van der Waals surface area contributed by atoms with Gasteiger partial charge in [-0.15, -0.1) is 11.8 Å². The minimum atomic E-state index is -0.227. The smallest absolute Gasteiger partial charge is 0.123 e. The van der Waals surface area contributed by atoms with Crippen molar-refractivity contribution in [3.8, 4) is 0 Å². The SMILES string of the molecule is Fc1ccc(C=CCSC(Cn2ccnc2)c2ccc(Cl)cc2Cl)cc1. The number of benzene rings is 2. The van der Waals surface area contributed by atoms with Crippen molar-refractivity contribution in [1.82, 2.24) is 9.55 Å². The van der Waals surface area contributed by atoms with Crippen molar-refractivity contribution in [1.29, 1.82) is 0 Å². The lowest BCUT2D eigenvalue weighted by atomic mass is 10.1. The van der Waals surface area contributed by atoms with E-state index < -0.39 is 0 Å². The molecule has 0 aliphatic rings. The first kappa shape index (κ1) is 19.0. The first-order valence-corrected chi connectivity index (χ1v) is 9.86. The quantitative estimate of drug-likeness (QED) is 0.444. The summed E-state index contributed by atoms with van der Waals surface area (Å²) in [6, 6.07) is 12.0. The van der Waals surface area contributed by atoms with Crippen LogP contribution < -0.4 is 0 Å². The molecule has 0 aliphatic carbocycles. The zero-order valence-electron chi connectivity index (χ0n) is 13.9. The van der Waals surface area contributed by atoms with Gasteiger partial charge in [-0.3, -0.25) is 0 Å². The maximum absolute atomic E-state index is 13.0. The molecule has 134 valence electrons. The summed E-state index contributed by atoms with van der Waals surface area (Å²) in [5.41, 5.74) is 2.02. The second kappa shape index (κ2) is 9.26. The van der Waals surface area contributed by atoms with Gasteiger partial charge in [0.05, 0.1) is 6.33 Å². The highest BCUT2D eigenvalue weighted by Gasteiger charge is 2.16. The lowest BCUT2D eigenvalue weighted by Crippen LogP contribution is -2.06. The van der Waals surface area contributed by atoms with Gasteiger partial charge in [0.2, 0.25) is 0 Å². The molecule has 0 bridgehead atoms. The van der Waals surface area contributed by atoms with E-state index in [1.54, 1.807) is 42.5 Å². The molecule has 0 fully saturated rings. The van der Waals surface area contributed by atoms with E-state index in [1.807, 2.05) is 29.0 Å². The van der Waals surface area contributed by atoms with Crippen LogP contribution in [0.25, 0.3) is 6.08 Å². The van der Waals surface area contributed by atoms with Crippen LogP contribution in [0.2, 0.25) is 10.0 Å². The van der Waals surface area contributed by atoms with Crippen LogP contribution >= 0.6 is 35.0 Å². The Kier molecular flexibility index (Phi) is 6.78. The molecule has 2 nitrogen and oxygen atoms in total. The fourth-order valence-electron chi connectivity index (χ4n) is 2.52. The van der Waals surface area contributed by atoms with Crippen LogP contribution in [0.5, 0.6) is 0 Å². The Balaban J connectivity index is 1.70. The molecule has 1 heterocycles. The Morgan fingerprint density at radius 3 is 2.65 bits per heavy atom. The summed E-state index contributed by atoms with van der Waals surface area (Å²) in [5, 5.41) is 1.45. The molecule has 0 saturated heterocycles. The number of hydrogen-bond acceptors (Lipinski definition) is 2. The van der Waals surface area contributed by atoms with Crippen molar-refractivity contribution in [2.45, 2.75) is 11.8 Å². The summed E-state index contributed by atoms with van der Waals surface area (Å²) in [7, 11) is 0. The van der Waals surface area contributed by atoms with Crippen LogP contribution in [-0.2, 0) is 6.54 Å². The summed E-state index contributed by atoms with van der Waals surface area (Å²) in [5.74, 6) is 0.574. The average molecular weight is 407 g/mol. The lowest BCUT2D eigenvalue weighted by molar-refractivity contribution is 0.628. The highest BCUT2D eigenvalue weighted by atomic mass is 35.5.